The molecule has 1 amide bonds. The van der Waals surface area contributed by atoms with Gasteiger partial charge in [0.15, 0.2) is 0 Å². The van der Waals surface area contributed by atoms with Crippen LogP contribution in [0.1, 0.15) is 23.2 Å². The number of fused-ring (bicyclic) bond motifs is 2. The molecule has 2 fully saturated rings. The summed E-state index contributed by atoms with van der Waals surface area (Å²) in [4.78, 5) is 14.1. The number of amides is 1. The minimum atomic E-state index is 0.140. The van der Waals surface area contributed by atoms with Crippen LogP contribution in [0, 0.1) is 0 Å². The molecule has 1 aromatic carbocycles. The number of nitrogens with zero attached hydrogens (tertiary/aromatic N) is 1. The molecule has 2 saturated heterocycles. The summed E-state index contributed by atoms with van der Waals surface area (Å²) in [7, 11) is 0. The highest BCUT2D eigenvalue weighted by Gasteiger charge is 2.35. The van der Waals surface area contributed by atoms with Crippen LogP contribution in [-0.2, 0) is 4.74 Å². The molecule has 0 aromatic heterocycles. The molecule has 2 bridgehead atoms. The highest BCUT2D eigenvalue weighted by atomic mass is 16.5. The summed E-state index contributed by atoms with van der Waals surface area (Å²) in [6, 6.07) is 9.49. The number of ether oxygens (including phenoxy) is 1. The molecule has 3 heteroatoms. The van der Waals surface area contributed by atoms with Gasteiger partial charge in [-0.2, -0.15) is 0 Å². The van der Waals surface area contributed by atoms with Gasteiger partial charge in [-0.05, 0) is 25.0 Å². The highest BCUT2D eigenvalue weighted by molar-refractivity contribution is 5.94. The van der Waals surface area contributed by atoms with Crippen molar-refractivity contribution in [3.8, 4) is 0 Å². The van der Waals surface area contributed by atoms with Crippen molar-refractivity contribution in [2.24, 2.45) is 0 Å². The van der Waals surface area contributed by atoms with Gasteiger partial charge in [-0.3, -0.25) is 4.79 Å². The third-order valence-electron chi connectivity index (χ3n) is 3.35. The normalized spacial score (nSPS) is 28.1. The molecule has 0 spiro atoms. The Bertz CT molecular complexity index is 378. The summed E-state index contributed by atoms with van der Waals surface area (Å²) in [5, 5.41) is 0. The lowest BCUT2D eigenvalue weighted by Gasteiger charge is -2.32. The smallest absolute Gasteiger partial charge is 0.254 e. The fourth-order valence-corrected chi connectivity index (χ4v) is 2.54. The van der Waals surface area contributed by atoms with Gasteiger partial charge in [0.1, 0.15) is 0 Å². The number of rotatable bonds is 1. The molecule has 3 nitrogen and oxygen atoms in total. The SMILES string of the molecule is O=C(c1ccccc1)N1CC2CCC(C1)O2. The van der Waals surface area contributed by atoms with E-state index in [2.05, 4.69) is 0 Å². The average Bonchev–Trinajstić information content (AvgIpc) is 2.68. The Morgan fingerprint density at radius 3 is 2.38 bits per heavy atom. The van der Waals surface area contributed by atoms with Gasteiger partial charge in [0.2, 0.25) is 0 Å². The zero-order chi connectivity index (χ0) is 11.0. The summed E-state index contributed by atoms with van der Waals surface area (Å²) in [5.74, 6) is 0.140. The fourth-order valence-electron chi connectivity index (χ4n) is 2.54. The molecular formula is C13H15NO2. The Labute approximate surface area is 95.0 Å². The van der Waals surface area contributed by atoms with E-state index in [0.29, 0.717) is 0 Å². The molecule has 0 saturated carbocycles. The standard InChI is InChI=1S/C13H15NO2/c15-13(10-4-2-1-3-5-10)14-8-11-6-7-12(9-14)16-11/h1-5,11-12H,6-9H2. The molecule has 1 aromatic rings. The molecule has 2 heterocycles. The summed E-state index contributed by atoms with van der Waals surface area (Å²) in [5.41, 5.74) is 0.781. The number of carbonyl (C=O) groups is 1. The van der Waals surface area contributed by atoms with Crippen molar-refractivity contribution >= 4 is 5.91 Å². The van der Waals surface area contributed by atoms with Crippen molar-refractivity contribution in [2.45, 2.75) is 25.0 Å². The molecule has 16 heavy (non-hydrogen) atoms. The lowest BCUT2D eigenvalue weighted by Crippen LogP contribution is -2.45. The van der Waals surface area contributed by atoms with E-state index in [1.165, 1.54) is 0 Å². The van der Waals surface area contributed by atoms with Gasteiger partial charge < -0.3 is 9.64 Å². The maximum Gasteiger partial charge on any atom is 0.254 e. The van der Waals surface area contributed by atoms with Gasteiger partial charge in [-0.15, -0.1) is 0 Å². The van der Waals surface area contributed by atoms with E-state index < -0.39 is 0 Å². The van der Waals surface area contributed by atoms with Crippen LogP contribution in [0.25, 0.3) is 0 Å². The second-order valence-corrected chi connectivity index (χ2v) is 4.53. The van der Waals surface area contributed by atoms with Crippen molar-refractivity contribution < 1.29 is 9.53 Å². The quantitative estimate of drug-likeness (QED) is 0.716. The molecule has 0 N–H and O–H groups in total. The Morgan fingerprint density at radius 1 is 1.12 bits per heavy atom. The van der Waals surface area contributed by atoms with E-state index in [-0.39, 0.29) is 18.1 Å². The zero-order valence-corrected chi connectivity index (χ0v) is 9.13. The van der Waals surface area contributed by atoms with Gasteiger partial charge in [0.05, 0.1) is 12.2 Å². The van der Waals surface area contributed by atoms with E-state index in [0.717, 1.165) is 31.5 Å². The van der Waals surface area contributed by atoms with E-state index >= 15 is 0 Å². The number of benzene rings is 1. The van der Waals surface area contributed by atoms with Crippen LogP contribution in [0.3, 0.4) is 0 Å². The predicted octanol–water partition coefficient (Wildman–Crippen LogP) is 1.69. The van der Waals surface area contributed by atoms with Gasteiger partial charge >= 0.3 is 0 Å². The predicted molar refractivity (Wildman–Crippen MR) is 60.2 cm³/mol. The van der Waals surface area contributed by atoms with Crippen LogP contribution in [0.4, 0.5) is 0 Å². The minimum Gasteiger partial charge on any atom is -0.371 e. The van der Waals surface area contributed by atoms with E-state index in [9.17, 15) is 4.79 Å². The first-order chi connectivity index (χ1) is 7.83. The first-order valence-electron chi connectivity index (χ1n) is 5.83. The van der Waals surface area contributed by atoms with Crippen LogP contribution in [0.5, 0.6) is 0 Å². The Morgan fingerprint density at radius 2 is 1.75 bits per heavy atom. The van der Waals surface area contributed by atoms with E-state index in [1.54, 1.807) is 0 Å². The molecule has 2 aliphatic heterocycles. The maximum absolute atomic E-state index is 12.2. The number of likely N-dealkylation sites (tertiary alicyclic amines) is 1. The maximum atomic E-state index is 12.2. The lowest BCUT2D eigenvalue weighted by atomic mass is 10.2. The third kappa shape index (κ3) is 1.71. The van der Waals surface area contributed by atoms with Gasteiger partial charge in [0, 0.05) is 18.7 Å². The van der Waals surface area contributed by atoms with Crippen molar-refractivity contribution in [2.75, 3.05) is 13.1 Å². The van der Waals surface area contributed by atoms with E-state index in [4.69, 9.17) is 4.74 Å². The molecule has 84 valence electrons. The second-order valence-electron chi connectivity index (χ2n) is 4.53. The number of carbonyl (C=O) groups excluding carboxylic acids is 1. The second kappa shape index (κ2) is 3.91. The largest absolute Gasteiger partial charge is 0.371 e. The number of morpholine rings is 1. The average molecular weight is 217 g/mol. The molecule has 2 aliphatic rings. The molecule has 3 rings (SSSR count). The van der Waals surface area contributed by atoms with Gasteiger partial charge in [0.25, 0.3) is 5.91 Å². The molecule has 0 aliphatic carbocycles. The Kier molecular flexibility index (Phi) is 2.40. The molecule has 2 atom stereocenters. The molecule has 0 radical (unpaired) electrons. The topological polar surface area (TPSA) is 29.5 Å². The summed E-state index contributed by atoms with van der Waals surface area (Å²) in [6.07, 6.45) is 2.74. The summed E-state index contributed by atoms with van der Waals surface area (Å²) >= 11 is 0. The van der Waals surface area contributed by atoms with Crippen LogP contribution < -0.4 is 0 Å². The van der Waals surface area contributed by atoms with E-state index in [1.807, 2.05) is 35.2 Å². The number of hydrogen-bond acceptors (Lipinski definition) is 2. The minimum absolute atomic E-state index is 0.140. The van der Waals surface area contributed by atoms with Gasteiger partial charge in [-0.1, -0.05) is 18.2 Å². The molecule has 2 unspecified atom stereocenters. The van der Waals surface area contributed by atoms with Crippen molar-refractivity contribution in [1.29, 1.82) is 0 Å². The first-order valence-corrected chi connectivity index (χ1v) is 5.83. The van der Waals surface area contributed by atoms with Crippen molar-refractivity contribution in [1.82, 2.24) is 4.90 Å². The van der Waals surface area contributed by atoms with Gasteiger partial charge in [-0.25, -0.2) is 0 Å². The van der Waals surface area contributed by atoms with Crippen LogP contribution in [0.2, 0.25) is 0 Å². The van der Waals surface area contributed by atoms with Crippen LogP contribution >= 0.6 is 0 Å². The Hall–Kier alpha value is -1.35. The Balaban J connectivity index is 1.76. The van der Waals surface area contributed by atoms with Crippen LogP contribution in [-0.4, -0.2) is 36.1 Å². The monoisotopic (exact) mass is 217 g/mol. The van der Waals surface area contributed by atoms with Crippen molar-refractivity contribution in [3.05, 3.63) is 35.9 Å². The highest BCUT2D eigenvalue weighted by Crippen LogP contribution is 2.26. The molecular weight excluding hydrogens is 202 g/mol. The third-order valence-corrected chi connectivity index (χ3v) is 3.35. The first kappa shape index (κ1) is 9.85. The van der Waals surface area contributed by atoms with Crippen molar-refractivity contribution in [3.63, 3.8) is 0 Å². The zero-order valence-electron chi connectivity index (χ0n) is 9.13. The summed E-state index contributed by atoms with van der Waals surface area (Å²) in [6.45, 7) is 1.51. The lowest BCUT2D eigenvalue weighted by molar-refractivity contribution is -0.0303. The summed E-state index contributed by atoms with van der Waals surface area (Å²) < 4.78 is 5.72. The fraction of sp³-hybridized carbons (Fsp3) is 0.462. The number of hydrogen-bond donors (Lipinski definition) is 0. The van der Waals surface area contributed by atoms with Crippen LogP contribution in [0.15, 0.2) is 30.3 Å².